The Kier molecular flexibility index (Phi) is 2.74. The summed E-state index contributed by atoms with van der Waals surface area (Å²) < 4.78 is 0. The number of H-pyrrole nitrogens is 1. The Morgan fingerprint density at radius 1 is 1.38 bits per heavy atom. The van der Waals surface area contributed by atoms with Crippen LogP contribution in [-0.2, 0) is 0 Å². The van der Waals surface area contributed by atoms with Crippen LogP contribution in [0.4, 0.5) is 0 Å². The third-order valence-corrected chi connectivity index (χ3v) is 1.10. The molecule has 0 aliphatic rings. The van der Waals surface area contributed by atoms with E-state index in [1.165, 1.54) is 6.33 Å². The average molecular weight is 179 g/mol. The van der Waals surface area contributed by atoms with E-state index in [1.54, 1.807) is 12.5 Å². The number of aromatic nitrogens is 4. The van der Waals surface area contributed by atoms with Gasteiger partial charge >= 0.3 is 0 Å². The molecule has 0 radical (unpaired) electrons. The first-order chi connectivity index (χ1) is 6.20. The highest BCUT2D eigenvalue weighted by atomic mass is 15.0. The summed E-state index contributed by atoms with van der Waals surface area (Å²) in [6, 6.07) is 0. The molecule has 0 spiro atoms. The van der Waals surface area contributed by atoms with E-state index in [4.69, 9.17) is 5.41 Å². The lowest BCUT2D eigenvalue weighted by Crippen LogP contribution is -2.20. The van der Waals surface area contributed by atoms with Crippen molar-refractivity contribution in [2.75, 3.05) is 0 Å². The van der Waals surface area contributed by atoms with E-state index in [0.29, 0.717) is 5.65 Å². The molecule has 2 aromatic heterocycles. The van der Waals surface area contributed by atoms with Gasteiger partial charge in [-0.25, -0.2) is 15.0 Å². The minimum absolute atomic E-state index is 0.333. The molecule has 13 heavy (non-hydrogen) atoms. The molecule has 0 bridgehead atoms. The van der Waals surface area contributed by atoms with Crippen molar-refractivity contribution in [2.45, 2.75) is 0 Å². The van der Waals surface area contributed by atoms with Crippen LogP contribution in [0, 0.1) is 5.41 Å². The van der Waals surface area contributed by atoms with Gasteiger partial charge in [-0.1, -0.05) is 0 Å². The molecule has 2 rings (SSSR count). The molecule has 0 fully saturated rings. The van der Waals surface area contributed by atoms with Gasteiger partial charge in [0.1, 0.15) is 11.8 Å². The maximum Gasteiger partial charge on any atom is 0.183 e. The predicted molar refractivity (Wildman–Crippen MR) is 47.8 cm³/mol. The van der Waals surface area contributed by atoms with Gasteiger partial charge in [0.2, 0.25) is 0 Å². The van der Waals surface area contributed by atoms with Crippen molar-refractivity contribution in [2.24, 2.45) is 11.5 Å². The van der Waals surface area contributed by atoms with Crippen molar-refractivity contribution < 1.29 is 0 Å². The summed E-state index contributed by atoms with van der Waals surface area (Å²) in [6.07, 6.45) is 4.76. The van der Waals surface area contributed by atoms with E-state index in [1.807, 2.05) is 0 Å². The number of imidazole rings is 1. The molecule has 2 heterocycles. The molecule has 7 heteroatoms. The Morgan fingerprint density at radius 2 is 2.08 bits per heavy atom. The standard InChI is InChI=1S/C5H4N4.CH5N3/c1-4-5(8-2-6-1)9-3-7-4;2-1(3)4/h1-3H,(H,6,7,8,9);(H5,2,3,4). The number of aromatic amines is 1. The third kappa shape index (κ3) is 2.73. The summed E-state index contributed by atoms with van der Waals surface area (Å²) in [4.78, 5) is 14.5. The molecule has 0 saturated carbocycles. The predicted octanol–water partition coefficient (Wildman–Crippen LogP) is -0.809. The number of guanidine groups is 1. The van der Waals surface area contributed by atoms with Gasteiger partial charge in [-0.3, -0.25) is 5.41 Å². The Labute approximate surface area is 73.7 Å². The van der Waals surface area contributed by atoms with Crippen molar-refractivity contribution in [1.82, 2.24) is 19.9 Å². The zero-order valence-corrected chi connectivity index (χ0v) is 6.73. The molecule has 2 aromatic rings. The van der Waals surface area contributed by atoms with Crippen molar-refractivity contribution in [3.63, 3.8) is 0 Å². The van der Waals surface area contributed by atoms with Gasteiger partial charge in [0, 0.05) is 0 Å². The quantitative estimate of drug-likeness (QED) is 0.310. The van der Waals surface area contributed by atoms with Gasteiger partial charge in [-0.15, -0.1) is 0 Å². The first-order valence-corrected chi connectivity index (χ1v) is 3.38. The topological polar surface area (TPSA) is 130 Å². The number of hydrogen-bond donors (Lipinski definition) is 4. The molecule has 0 saturated heterocycles. The zero-order chi connectivity index (χ0) is 9.68. The lowest BCUT2D eigenvalue weighted by molar-refractivity contribution is 1.20. The number of fused-ring (bicyclic) bond motifs is 1. The highest BCUT2D eigenvalue weighted by Crippen LogP contribution is 1.99. The van der Waals surface area contributed by atoms with Crippen LogP contribution in [-0.4, -0.2) is 25.9 Å². The Morgan fingerprint density at radius 3 is 2.69 bits per heavy atom. The summed E-state index contributed by atoms with van der Waals surface area (Å²) in [7, 11) is 0. The van der Waals surface area contributed by atoms with Gasteiger partial charge in [0.05, 0.1) is 12.5 Å². The van der Waals surface area contributed by atoms with Crippen LogP contribution in [0.25, 0.3) is 11.2 Å². The SMILES string of the molecule is N=C(N)N.c1ncc2[nH]cnc2n1. The smallest absolute Gasteiger partial charge is 0.183 e. The number of nitrogens with zero attached hydrogens (tertiary/aromatic N) is 3. The molecule has 0 unspecified atom stereocenters. The van der Waals surface area contributed by atoms with Crippen molar-refractivity contribution in [1.29, 1.82) is 5.41 Å². The molecular weight excluding hydrogens is 170 g/mol. The molecule has 7 nitrogen and oxygen atoms in total. The van der Waals surface area contributed by atoms with Gasteiger partial charge in [-0.2, -0.15) is 0 Å². The number of nitrogens with one attached hydrogen (secondary N) is 2. The van der Waals surface area contributed by atoms with Crippen LogP contribution in [0.3, 0.4) is 0 Å². The second-order valence-corrected chi connectivity index (χ2v) is 2.12. The fourth-order valence-corrected chi connectivity index (χ4v) is 0.691. The second kappa shape index (κ2) is 4.00. The normalized spacial score (nSPS) is 8.92. The fraction of sp³-hybridized carbons (Fsp3) is 0. The summed E-state index contributed by atoms with van der Waals surface area (Å²) in [5, 5.41) is 6.06. The molecular formula is C6H9N7. The van der Waals surface area contributed by atoms with Crippen LogP contribution in [0.15, 0.2) is 18.9 Å². The lowest BCUT2D eigenvalue weighted by atomic mass is 10.6. The summed E-state index contributed by atoms with van der Waals surface area (Å²) in [5.41, 5.74) is 10.5. The molecule has 6 N–H and O–H groups in total. The molecule has 0 aliphatic carbocycles. The van der Waals surface area contributed by atoms with Crippen LogP contribution < -0.4 is 11.5 Å². The monoisotopic (exact) mass is 179 g/mol. The number of hydrogen-bond acceptors (Lipinski definition) is 4. The Bertz CT molecular complexity index is 358. The minimum atomic E-state index is -0.333. The van der Waals surface area contributed by atoms with E-state index in [0.717, 1.165) is 5.52 Å². The number of nitrogens with two attached hydrogens (primary N) is 2. The fourth-order valence-electron chi connectivity index (χ4n) is 0.691. The number of rotatable bonds is 0. The summed E-state index contributed by atoms with van der Waals surface area (Å²) >= 11 is 0. The minimum Gasteiger partial charge on any atom is -0.370 e. The van der Waals surface area contributed by atoms with E-state index in [2.05, 4.69) is 31.4 Å². The molecule has 0 atom stereocenters. The molecule has 0 aliphatic heterocycles. The molecule has 0 amide bonds. The summed E-state index contributed by atoms with van der Waals surface area (Å²) in [5.74, 6) is -0.333. The largest absolute Gasteiger partial charge is 0.370 e. The second-order valence-electron chi connectivity index (χ2n) is 2.12. The van der Waals surface area contributed by atoms with Gasteiger partial charge in [-0.05, 0) is 0 Å². The van der Waals surface area contributed by atoms with Crippen LogP contribution in [0.1, 0.15) is 0 Å². The first-order valence-electron chi connectivity index (χ1n) is 3.38. The van der Waals surface area contributed by atoms with Crippen molar-refractivity contribution >= 4 is 17.1 Å². The van der Waals surface area contributed by atoms with E-state index in [9.17, 15) is 0 Å². The van der Waals surface area contributed by atoms with Gasteiger partial charge in [0.25, 0.3) is 0 Å². The van der Waals surface area contributed by atoms with Crippen molar-refractivity contribution in [3.8, 4) is 0 Å². The average Bonchev–Trinajstić information content (AvgIpc) is 2.49. The zero-order valence-electron chi connectivity index (χ0n) is 6.73. The summed E-state index contributed by atoms with van der Waals surface area (Å²) in [6.45, 7) is 0. The maximum absolute atomic E-state index is 6.06. The van der Waals surface area contributed by atoms with E-state index < -0.39 is 0 Å². The van der Waals surface area contributed by atoms with Gasteiger partial charge in [0.15, 0.2) is 11.6 Å². The van der Waals surface area contributed by atoms with E-state index >= 15 is 0 Å². The van der Waals surface area contributed by atoms with Gasteiger partial charge < -0.3 is 16.5 Å². The molecule has 68 valence electrons. The van der Waals surface area contributed by atoms with Crippen LogP contribution >= 0.6 is 0 Å². The van der Waals surface area contributed by atoms with Crippen molar-refractivity contribution in [3.05, 3.63) is 18.9 Å². The highest BCUT2D eigenvalue weighted by Gasteiger charge is 1.91. The third-order valence-electron chi connectivity index (χ3n) is 1.10. The first kappa shape index (κ1) is 8.91. The maximum atomic E-state index is 6.06. The van der Waals surface area contributed by atoms with Crippen LogP contribution in [0.2, 0.25) is 0 Å². The van der Waals surface area contributed by atoms with Crippen LogP contribution in [0.5, 0.6) is 0 Å². The highest BCUT2D eigenvalue weighted by molar-refractivity contribution is 5.71. The lowest BCUT2D eigenvalue weighted by Gasteiger charge is -1.80. The Balaban J connectivity index is 0.000000184. The van der Waals surface area contributed by atoms with E-state index in [-0.39, 0.29) is 5.96 Å². The molecule has 0 aromatic carbocycles. The Hall–Kier alpha value is -2.18.